The zero-order chi connectivity index (χ0) is 6.69. The fourth-order valence-electron chi connectivity index (χ4n) is 0.908. The van der Waals surface area contributed by atoms with Crippen LogP contribution in [0.4, 0.5) is 0 Å². The number of rotatable bonds is 3. The summed E-state index contributed by atoms with van der Waals surface area (Å²) >= 11 is 0. The van der Waals surface area contributed by atoms with Crippen molar-refractivity contribution in [2.24, 2.45) is 0 Å². The molecule has 0 atom stereocenters. The Kier molecular flexibility index (Phi) is 2.04. The first-order valence-corrected chi connectivity index (χ1v) is 3.57. The van der Waals surface area contributed by atoms with E-state index < -0.39 is 0 Å². The summed E-state index contributed by atoms with van der Waals surface area (Å²) in [6, 6.07) is 0. The van der Waals surface area contributed by atoms with Gasteiger partial charge in [0.25, 0.3) is 0 Å². The average Bonchev–Trinajstić information content (AvgIpc) is 1.78. The Morgan fingerprint density at radius 2 is 2.44 bits per heavy atom. The van der Waals surface area contributed by atoms with E-state index in [1.165, 1.54) is 18.4 Å². The molecule has 1 aliphatic carbocycles. The molecule has 0 saturated heterocycles. The van der Waals surface area contributed by atoms with Crippen LogP contribution in [0.15, 0.2) is 11.6 Å². The van der Waals surface area contributed by atoms with Gasteiger partial charge in [-0.3, -0.25) is 0 Å². The lowest BCUT2D eigenvalue weighted by Gasteiger charge is -2.13. The molecule has 0 aromatic heterocycles. The zero-order valence-electron chi connectivity index (χ0n) is 5.91. The minimum absolute atomic E-state index is 0.876. The van der Waals surface area contributed by atoms with Crippen molar-refractivity contribution in [1.82, 2.24) is 0 Å². The smallest absolute Gasteiger partial charge is 0.0127 e. The predicted molar refractivity (Wildman–Crippen MR) is 40.0 cm³/mol. The average molecular weight is 123 g/mol. The summed E-state index contributed by atoms with van der Waals surface area (Å²) in [5.74, 6) is 0. The molecule has 1 rings (SSSR count). The molecule has 0 unspecified atom stereocenters. The summed E-state index contributed by atoms with van der Waals surface area (Å²) in [6.45, 7) is 2.04. The van der Waals surface area contributed by atoms with E-state index in [0.717, 1.165) is 18.6 Å². The number of nitrogens with one attached hydrogen (secondary N) is 1. The van der Waals surface area contributed by atoms with Crippen molar-refractivity contribution in [2.45, 2.75) is 32.6 Å². The molecule has 0 aliphatic heterocycles. The third kappa shape index (κ3) is 1.67. The molecule has 0 amide bonds. The van der Waals surface area contributed by atoms with Crippen molar-refractivity contribution >= 4 is 5.71 Å². The van der Waals surface area contributed by atoms with Crippen LogP contribution in [-0.4, -0.2) is 5.71 Å². The van der Waals surface area contributed by atoms with Crippen LogP contribution < -0.4 is 0 Å². The fraction of sp³-hybridized carbons (Fsp3) is 0.625. The van der Waals surface area contributed by atoms with E-state index in [1.54, 1.807) is 0 Å². The number of hydrogen-bond donors (Lipinski definition) is 1. The summed E-state index contributed by atoms with van der Waals surface area (Å²) in [4.78, 5) is 0. The Balaban J connectivity index is 2.24. The molecule has 1 heteroatoms. The molecule has 0 bridgehead atoms. The van der Waals surface area contributed by atoms with Crippen LogP contribution in [0.25, 0.3) is 0 Å². The molecular formula is C8H13N. The van der Waals surface area contributed by atoms with Gasteiger partial charge in [0, 0.05) is 12.1 Å². The van der Waals surface area contributed by atoms with Crippen molar-refractivity contribution in [3.8, 4) is 0 Å². The van der Waals surface area contributed by atoms with Gasteiger partial charge < -0.3 is 5.41 Å². The Morgan fingerprint density at radius 3 is 2.78 bits per heavy atom. The van der Waals surface area contributed by atoms with Crippen LogP contribution in [-0.2, 0) is 0 Å². The number of hydrogen-bond acceptors (Lipinski definition) is 1. The highest BCUT2D eigenvalue weighted by Gasteiger charge is 2.06. The second-order valence-electron chi connectivity index (χ2n) is 2.53. The van der Waals surface area contributed by atoms with Gasteiger partial charge in [0.05, 0.1) is 0 Å². The largest absolute Gasteiger partial charge is 0.309 e. The van der Waals surface area contributed by atoms with Gasteiger partial charge in [-0.25, -0.2) is 0 Å². The molecule has 50 valence electrons. The van der Waals surface area contributed by atoms with Crippen molar-refractivity contribution in [3.63, 3.8) is 0 Å². The fourth-order valence-corrected chi connectivity index (χ4v) is 0.908. The maximum atomic E-state index is 7.36. The Labute approximate surface area is 56.3 Å². The summed E-state index contributed by atoms with van der Waals surface area (Å²) < 4.78 is 0. The minimum Gasteiger partial charge on any atom is -0.309 e. The minimum atomic E-state index is 0.876. The van der Waals surface area contributed by atoms with Gasteiger partial charge in [0.15, 0.2) is 0 Å². The van der Waals surface area contributed by atoms with Crippen LogP contribution in [0.2, 0.25) is 0 Å². The van der Waals surface area contributed by atoms with Gasteiger partial charge in [0.1, 0.15) is 0 Å². The third-order valence-electron chi connectivity index (χ3n) is 1.77. The van der Waals surface area contributed by atoms with E-state index >= 15 is 0 Å². The summed E-state index contributed by atoms with van der Waals surface area (Å²) in [5.41, 5.74) is 2.35. The van der Waals surface area contributed by atoms with Crippen LogP contribution in [0.5, 0.6) is 0 Å². The first kappa shape index (κ1) is 6.53. The number of allylic oxidation sites excluding steroid dienone is 2. The molecule has 0 radical (unpaired) electrons. The van der Waals surface area contributed by atoms with Gasteiger partial charge in [-0.1, -0.05) is 18.6 Å². The first-order chi connectivity index (χ1) is 4.33. The predicted octanol–water partition coefficient (Wildman–Crippen LogP) is 2.53. The van der Waals surface area contributed by atoms with E-state index in [0.29, 0.717) is 0 Å². The van der Waals surface area contributed by atoms with Crippen molar-refractivity contribution in [2.75, 3.05) is 0 Å². The van der Waals surface area contributed by atoms with Gasteiger partial charge in [-0.2, -0.15) is 0 Å². The van der Waals surface area contributed by atoms with E-state index in [1.807, 2.05) is 6.92 Å². The lowest BCUT2D eigenvalue weighted by molar-refractivity contribution is 0.844. The normalized spacial score (nSPS) is 16.3. The molecule has 1 aliphatic rings. The van der Waals surface area contributed by atoms with Crippen molar-refractivity contribution in [1.29, 1.82) is 5.41 Å². The molecule has 0 fully saturated rings. The summed E-state index contributed by atoms with van der Waals surface area (Å²) in [5, 5.41) is 7.36. The standard InChI is InChI=1S/C8H13N/c1-2-8(9)6-7-4-3-5-7/h4,9H,2-3,5-6H2,1H3. The molecule has 0 spiro atoms. The Morgan fingerprint density at radius 1 is 1.78 bits per heavy atom. The Bertz CT molecular complexity index is 145. The van der Waals surface area contributed by atoms with Gasteiger partial charge >= 0.3 is 0 Å². The Hall–Kier alpha value is -0.590. The lowest BCUT2D eigenvalue weighted by Crippen LogP contribution is -2.01. The molecular weight excluding hydrogens is 110 g/mol. The van der Waals surface area contributed by atoms with Crippen LogP contribution in [0.3, 0.4) is 0 Å². The summed E-state index contributed by atoms with van der Waals surface area (Å²) in [7, 11) is 0. The molecule has 1 N–H and O–H groups in total. The highest BCUT2D eigenvalue weighted by atomic mass is 14.4. The molecule has 0 saturated carbocycles. The van der Waals surface area contributed by atoms with E-state index in [2.05, 4.69) is 6.08 Å². The highest BCUT2D eigenvalue weighted by molar-refractivity contribution is 5.83. The van der Waals surface area contributed by atoms with E-state index in [-0.39, 0.29) is 0 Å². The molecule has 9 heavy (non-hydrogen) atoms. The maximum absolute atomic E-state index is 7.36. The van der Waals surface area contributed by atoms with Crippen molar-refractivity contribution < 1.29 is 0 Å². The highest BCUT2D eigenvalue weighted by Crippen LogP contribution is 2.21. The van der Waals surface area contributed by atoms with E-state index in [4.69, 9.17) is 5.41 Å². The maximum Gasteiger partial charge on any atom is 0.0127 e. The van der Waals surface area contributed by atoms with Gasteiger partial charge in [0.2, 0.25) is 0 Å². The molecule has 1 nitrogen and oxygen atoms in total. The first-order valence-electron chi connectivity index (χ1n) is 3.57. The monoisotopic (exact) mass is 123 g/mol. The second kappa shape index (κ2) is 2.81. The quantitative estimate of drug-likeness (QED) is 0.440. The molecule has 0 heterocycles. The molecule has 0 aromatic rings. The van der Waals surface area contributed by atoms with Crippen molar-refractivity contribution in [3.05, 3.63) is 11.6 Å². The zero-order valence-corrected chi connectivity index (χ0v) is 5.91. The summed E-state index contributed by atoms with van der Waals surface area (Å²) in [6.07, 6.45) is 6.58. The van der Waals surface area contributed by atoms with Crippen LogP contribution >= 0.6 is 0 Å². The van der Waals surface area contributed by atoms with Crippen LogP contribution in [0.1, 0.15) is 32.6 Å². The second-order valence-corrected chi connectivity index (χ2v) is 2.53. The van der Waals surface area contributed by atoms with Crippen LogP contribution in [0, 0.1) is 5.41 Å². The topological polar surface area (TPSA) is 23.9 Å². The molecule has 0 aromatic carbocycles. The third-order valence-corrected chi connectivity index (χ3v) is 1.77. The lowest BCUT2D eigenvalue weighted by atomic mass is 9.93. The SMILES string of the molecule is CCC(=N)CC1=CCC1. The van der Waals surface area contributed by atoms with Gasteiger partial charge in [-0.05, 0) is 19.3 Å². The van der Waals surface area contributed by atoms with Gasteiger partial charge in [-0.15, -0.1) is 0 Å². The van der Waals surface area contributed by atoms with E-state index in [9.17, 15) is 0 Å².